The van der Waals surface area contributed by atoms with E-state index in [2.05, 4.69) is 0 Å². The summed E-state index contributed by atoms with van der Waals surface area (Å²) in [7, 11) is 1.42. The van der Waals surface area contributed by atoms with Gasteiger partial charge in [-0.3, -0.25) is 0 Å². The second-order valence-corrected chi connectivity index (χ2v) is 4.37. The Morgan fingerprint density at radius 2 is 1.86 bits per heavy atom. The number of phenols is 1. The first-order valence-corrected chi connectivity index (χ1v) is 6.59. The third-order valence-corrected chi connectivity index (χ3v) is 2.90. The number of carbonyl (C=O) groups is 1. The molecule has 0 fully saturated rings. The van der Waals surface area contributed by atoms with Crippen molar-refractivity contribution in [2.45, 2.75) is 6.42 Å². The topological polar surface area (TPSA) is 85.2 Å². The molecule has 0 saturated carbocycles. The smallest absolute Gasteiger partial charge is 0.504 e. The van der Waals surface area contributed by atoms with E-state index < -0.39 is 6.16 Å². The van der Waals surface area contributed by atoms with E-state index in [1.807, 2.05) is 0 Å². The number of ether oxygens (including phenoxy) is 3. The highest BCUT2D eigenvalue weighted by Gasteiger charge is 2.12. The van der Waals surface area contributed by atoms with E-state index in [0.29, 0.717) is 17.7 Å². The van der Waals surface area contributed by atoms with Crippen LogP contribution in [0.4, 0.5) is 4.79 Å². The third-order valence-electron chi connectivity index (χ3n) is 2.90. The number of aliphatic hydroxyl groups excluding tert-OH is 1. The number of para-hydroxylation sites is 1. The summed E-state index contributed by atoms with van der Waals surface area (Å²) in [5.41, 5.74) is 0.694. The molecule has 116 valence electrons. The molecule has 0 aliphatic carbocycles. The summed E-state index contributed by atoms with van der Waals surface area (Å²) in [5, 5.41) is 18.6. The van der Waals surface area contributed by atoms with Crippen LogP contribution in [0.25, 0.3) is 0 Å². The van der Waals surface area contributed by atoms with Crippen LogP contribution >= 0.6 is 0 Å². The summed E-state index contributed by atoms with van der Waals surface area (Å²) in [6.45, 7) is -0.0538. The van der Waals surface area contributed by atoms with Crippen LogP contribution < -0.4 is 14.2 Å². The van der Waals surface area contributed by atoms with E-state index in [-0.39, 0.29) is 23.9 Å². The minimum Gasteiger partial charge on any atom is -0.504 e. The number of methoxy groups -OCH3 is 1. The first-order chi connectivity index (χ1) is 10.6. The Bertz CT molecular complexity index is 653. The van der Waals surface area contributed by atoms with E-state index in [9.17, 15) is 9.90 Å². The molecular weight excluding hydrogens is 288 g/mol. The van der Waals surface area contributed by atoms with Crippen molar-refractivity contribution in [3.8, 4) is 23.0 Å². The Morgan fingerprint density at radius 3 is 2.55 bits per heavy atom. The number of aliphatic hydroxyl groups is 1. The van der Waals surface area contributed by atoms with Crippen LogP contribution in [0.15, 0.2) is 42.5 Å². The lowest BCUT2D eigenvalue weighted by Crippen LogP contribution is -2.15. The van der Waals surface area contributed by atoms with Gasteiger partial charge in [-0.1, -0.05) is 18.2 Å². The molecular formula is C16H16O6. The summed E-state index contributed by atoms with van der Waals surface area (Å²) in [5.74, 6) is 0.574. The van der Waals surface area contributed by atoms with Crippen molar-refractivity contribution in [2.75, 3.05) is 13.7 Å². The van der Waals surface area contributed by atoms with Gasteiger partial charge in [0.1, 0.15) is 11.5 Å². The fourth-order valence-corrected chi connectivity index (χ4v) is 1.87. The normalized spacial score (nSPS) is 10.1. The van der Waals surface area contributed by atoms with E-state index in [1.54, 1.807) is 24.3 Å². The Balaban J connectivity index is 2.06. The first-order valence-electron chi connectivity index (χ1n) is 6.59. The Kier molecular flexibility index (Phi) is 5.21. The van der Waals surface area contributed by atoms with Gasteiger partial charge in [0.25, 0.3) is 0 Å². The lowest BCUT2D eigenvalue weighted by molar-refractivity contribution is 0.151. The fourth-order valence-electron chi connectivity index (χ4n) is 1.87. The molecule has 0 radical (unpaired) electrons. The quantitative estimate of drug-likeness (QED) is 0.652. The number of hydrogen-bond acceptors (Lipinski definition) is 6. The Morgan fingerprint density at radius 1 is 1.09 bits per heavy atom. The van der Waals surface area contributed by atoms with Crippen molar-refractivity contribution in [3.63, 3.8) is 0 Å². The fraction of sp³-hybridized carbons (Fsp3) is 0.188. The second-order valence-electron chi connectivity index (χ2n) is 4.37. The number of phenolic OH excluding ortho intramolecular Hbond substituents is 1. The molecule has 2 N–H and O–H groups in total. The molecule has 0 aliphatic heterocycles. The maximum Gasteiger partial charge on any atom is 0.519 e. The largest absolute Gasteiger partial charge is 0.519 e. The number of rotatable bonds is 5. The lowest BCUT2D eigenvalue weighted by atomic mass is 10.1. The number of carbonyl (C=O) groups excluding carboxylic acids is 1. The number of benzene rings is 2. The molecule has 0 saturated heterocycles. The van der Waals surface area contributed by atoms with E-state index in [4.69, 9.17) is 19.3 Å². The molecule has 0 amide bonds. The van der Waals surface area contributed by atoms with Crippen LogP contribution in [0.3, 0.4) is 0 Å². The summed E-state index contributed by atoms with van der Waals surface area (Å²) < 4.78 is 15.0. The molecule has 0 spiro atoms. The van der Waals surface area contributed by atoms with Gasteiger partial charge >= 0.3 is 6.16 Å². The predicted molar refractivity (Wildman–Crippen MR) is 78.5 cm³/mol. The molecule has 0 atom stereocenters. The van der Waals surface area contributed by atoms with Crippen molar-refractivity contribution >= 4 is 6.16 Å². The van der Waals surface area contributed by atoms with Gasteiger partial charge in [0.15, 0.2) is 11.5 Å². The zero-order valence-electron chi connectivity index (χ0n) is 12.0. The summed E-state index contributed by atoms with van der Waals surface area (Å²) in [4.78, 5) is 11.8. The predicted octanol–water partition coefficient (Wildman–Crippen LogP) is 2.51. The zero-order valence-corrected chi connectivity index (χ0v) is 12.0. The highest BCUT2D eigenvalue weighted by atomic mass is 16.7. The molecule has 0 heterocycles. The zero-order chi connectivity index (χ0) is 15.9. The average Bonchev–Trinajstić information content (AvgIpc) is 2.49. The van der Waals surface area contributed by atoms with Crippen LogP contribution in [0.1, 0.15) is 5.56 Å². The van der Waals surface area contributed by atoms with E-state index in [1.165, 1.54) is 25.3 Å². The van der Waals surface area contributed by atoms with Crippen LogP contribution in [0, 0.1) is 0 Å². The van der Waals surface area contributed by atoms with Crippen LogP contribution in [-0.4, -0.2) is 30.1 Å². The van der Waals surface area contributed by atoms with Crippen LogP contribution in [0.5, 0.6) is 23.0 Å². The minimum absolute atomic E-state index is 0.0538. The molecule has 6 nitrogen and oxygen atoms in total. The molecule has 22 heavy (non-hydrogen) atoms. The standard InChI is InChI=1S/C16H16O6/c1-20-15-7-6-12(10-13(15)18)21-16(19)22-14-5-3-2-4-11(14)8-9-17/h2-7,10,17-18H,8-9H2,1H3. The van der Waals surface area contributed by atoms with Gasteiger partial charge in [0.2, 0.25) is 0 Å². The third kappa shape index (κ3) is 3.89. The molecule has 0 unspecified atom stereocenters. The van der Waals surface area contributed by atoms with Crippen molar-refractivity contribution in [1.82, 2.24) is 0 Å². The Hall–Kier alpha value is -2.73. The summed E-state index contributed by atoms with van der Waals surface area (Å²) >= 11 is 0. The maximum atomic E-state index is 11.8. The Labute approximate surface area is 127 Å². The number of aromatic hydroxyl groups is 1. The van der Waals surface area contributed by atoms with Crippen LogP contribution in [-0.2, 0) is 6.42 Å². The van der Waals surface area contributed by atoms with Gasteiger partial charge in [-0.05, 0) is 30.2 Å². The lowest BCUT2D eigenvalue weighted by Gasteiger charge is -2.10. The highest BCUT2D eigenvalue weighted by molar-refractivity contribution is 5.68. The van der Waals surface area contributed by atoms with Gasteiger partial charge in [0, 0.05) is 12.7 Å². The van der Waals surface area contributed by atoms with Gasteiger partial charge in [-0.15, -0.1) is 0 Å². The number of hydrogen-bond donors (Lipinski definition) is 2. The van der Waals surface area contributed by atoms with Gasteiger partial charge in [-0.2, -0.15) is 0 Å². The average molecular weight is 304 g/mol. The molecule has 0 aromatic heterocycles. The van der Waals surface area contributed by atoms with Gasteiger partial charge in [0.05, 0.1) is 7.11 Å². The van der Waals surface area contributed by atoms with Crippen LogP contribution in [0.2, 0.25) is 0 Å². The van der Waals surface area contributed by atoms with Crippen molar-refractivity contribution in [1.29, 1.82) is 0 Å². The SMILES string of the molecule is COc1ccc(OC(=O)Oc2ccccc2CCO)cc1O. The molecule has 0 bridgehead atoms. The van der Waals surface area contributed by atoms with Crippen molar-refractivity contribution in [2.24, 2.45) is 0 Å². The summed E-state index contributed by atoms with van der Waals surface area (Å²) in [6.07, 6.45) is -0.567. The highest BCUT2D eigenvalue weighted by Crippen LogP contribution is 2.30. The molecule has 2 aromatic carbocycles. The second kappa shape index (κ2) is 7.33. The molecule has 6 heteroatoms. The molecule has 0 aliphatic rings. The maximum absolute atomic E-state index is 11.8. The molecule has 2 rings (SSSR count). The minimum atomic E-state index is -0.935. The van der Waals surface area contributed by atoms with Crippen molar-refractivity contribution in [3.05, 3.63) is 48.0 Å². The van der Waals surface area contributed by atoms with E-state index in [0.717, 1.165) is 0 Å². The van der Waals surface area contributed by atoms with Gasteiger partial charge in [-0.25, -0.2) is 4.79 Å². The van der Waals surface area contributed by atoms with Gasteiger partial charge < -0.3 is 24.4 Å². The monoisotopic (exact) mass is 304 g/mol. The first kappa shape index (κ1) is 15.7. The molecule has 2 aromatic rings. The summed E-state index contributed by atoms with van der Waals surface area (Å²) in [6, 6.07) is 11.0. The van der Waals surface area contributed by atoms with Crippen molar-refractivity contribution < 1.29 is 29.2 Å². The van der Waals surface area contributed by atoms with E-state index >= 15 is 0 Å².